The van der Waals surface area contributed by atoms with E-state index in [1.807, 2.05) is 24.4 Å². The maximum Gasteiger partial charge on any atom is 0.136 e. The van der Waals surface area contributed by atoms with Crippen LogP contribution >= 0.6 is 15.9 Å². The van der Waals surface area contributed by atoms with E-state index < -0.39 is 0 Å². The van der Waals surface area contributed by atoms with Gasteiger partial charge in [0, 0.05) is 43.0 Å². The number of hydrogen-bond donors (Lipinski definition) is 0. The Morgan fingerprint density at radius 3 is 2.55 bits per heavy atom. The van der Waals surface area contributed by atoms with Crippen LogP contribution in [0.2, 0.25) is 0 Å². The predicted molar refractivity (Wildman–Crippen MR) is 91.5 cm³/mol. The van der Waals surface area contributed by atoms with Crippen molar-refractivity contribution >= 4 is 15.9 Å². The van der Waals surface area contributed by atoms with Crippen LogP contribution in [0.4, 0.5) is 0 Å². The molecule has 2 aromatic rings. The van der Waals surface area contributed by atoms with Gasteiger partial charge in [0.05, 0.1) is 18.7 Å². The molecule has 0 saturated carbocycles. The van der Waals surface area contributed by atoms with Gasteiger partial charge in [-0.15, -0.1) is 0 Å². The fraction of sp³-hybridized carbons (Fsp3) is 0.353. The highest BCUT2D eigenvalue weighted by atomic mass is 79.9. The van der Waals surface area contributed by atoms with Crippen LogP contribution in [0, 0.1) is 0 Å². The Balaban J connectivity index is 2.01. The van der Waals surface area contributed by atoms with Gasteiger partial charge in [-0.3, -0.25) is 4.98 Å². The highest BCUT2D eigenvalue weighted by Gasteiger charge is 2.11. The van der Waals surface area contributed by atoms with Gasteiger partial charge in [0.25, 0.3) is 0 Å². The molecule has 0 atom stereocenters. The van der Waals surface area contributed by atoms with Crippen molar-refractivity contribution in [1.82, 2.24) is 9.88 Å². The lowest BCUT2D eigenvalue weighted by molar-refractivity contribution is 0.318. The van der Waals surface area contributed by atoms with E-state index in [-0.39, 0.29) is 0 Å². The molecule has 118 valence electrons. The van der Waals surface area contributed by atoms with Gasteiger partial charge in [0.2, 0.25) is 0 Å². The molecule has 0 amide bonds. The molecular formula is C17H21BrN2O2. The first-order chi connectivity index (χ1) is 10.6. The molecule has 0 bridgehead atoms. The van der Waals surface area contributed by atoms with E-state index in [2.05, 4.69) is 45.0 Å². The first-order valence-corrected chi connectivity index (χ1v) is 7.92. The smallest absolute Gasteiger partial charge is 0.136 e. The lowest BCUT2D eigenvalue weighted by Gasteiger charge is -2.19. The molecule has 0 aliphatic heterocycles. The summed E-state index contributed by atoms with van der Waals surface area (Å²) in [6.45, 7) is 1.74. The fourth-order valence-corrected chi connectivity index (χ4v) is 2.82. The molecule has 0 spiro atoms. The second-order valence-corrected chi connectivity index (χ2v) is 5.96. The van der Waals surface area contributed by atoms with E-state index in [9.17, 15) is 0 Å². The van der Waals surface area contributed by atoms with Crippen molar-refractivity contribution in [3.05, 3.63) is 52.3 Å². The molecule has 2 rings (SSSR count). The number of hydrogen-bond acceptors (Lipinski definition) is 4. The summed E-state index contributed by atoms with van der Waals surface area (Å²) in [4.78, 5) is 6.61. The van der Waals surface area contributed by atoms with Crippen LogP contribution in [-0.4, -0.2) is 37.7 Å². The van der Waals surface area contributed by atoms with Gasteiger partial charge in [-0.2, -0.15) is 0 Å². The minimum Gasteiger partial charge on any atom is -0.496 e. The second-order valence-electron chi connectivity index (χ2n) is 5.11. The van der Waals surface area contributed by atoms with E-state index in [1.54, 1.807) is 14.2 Å². The Bertz CT molecular complexity index is 605. The maximum atomic E-state index is 5.47. The zero-order valence-corrected chi connectivity index (χ0v) is 14.8. The third-order valence-electron chi connectivity index (χ3n) is 3.47. The van der Waals surface area contributed by atoms with Gasteiger partial charge >= 0.3 is 0 Å². The summed E-state index contributed by atoms with van der Waals surface area (Å²) < 4.78 is 11.7. The van der Waals surface area contributed by atoms with Crippen LogP contribution in [-0.2, 0) is 13.0 Å². The zero-order chi connectivity index (χ0) is 15.9. The Morgan fingerprint density at radius 2 is 1.91 bits per heavy atom. The van der Waals surface area contributed by atoms with Gasteiger partial charge in [0.15, 0.2) is 0 Å². The van der Waals surface area contributed by atoms with Crippen molar-refractivity contribution in [2.45, 2.75) is 13.0 Å². The van der Waals surface area contributed by atoms with Crippen molar-refractivity contribution in [3.63, 3.8) is 0 Å². The van der Waals surface area contributed by atoms with E-state index in [0.717, 1.165) is 46.7 Å². The lowest BCUT2D eigenvalue weighted by Crippen LogP contribution is -2.21. The minimum atomic E-state index is 0.775. The first kappa shape index (κ1) is 16.8. The molecule has 4 nitrogen and oxygen atoms in total. The van der Waals surface area contributed by atoms with Crippen molar-refractivity contribution < 1.29 is 9.47 Å². The highest BCUT2D eigenvalue weighted by molar-refractivity contribution is 9.10. The number of benzene rings is 1. The molecular weight excluding hydrogens is 344 g/mol. The minimum absolute atomic E-state index is 0.775. The molecule has 0 N–H and O–H groups in total. The van der Waals surface area contributed by atoms with Crippen LogP contribution in [0.25, 0.3) is 0 Å². The molecule has 0 aliphatic carbocycles. The Hall–Kier alpha value is -1.59. The molecule has 1 heterocycles. The summed E-state index contributed by atoms with van der Waals surface area (Å²) in [5.41, 5.74) is 2.23. The molecule has 0 fully saturated rings. The number of rotatable bonds is 7. The molecule has 1 aromatic carbocycles. The standard InChI is InChI=1S/C17H21BrN2O2/c1-20(9-7-14-6-4-5-8-19-14)12-13-10-15(18)17(22-3)11-16(13)21-2/h4-6,8,10-11H,7,9,12H2,1-3H3. The summed E-state index contributed by atoms with van der Waals surface area (Å²) in [5, 5.41) is 0. The van der Waals surface area contributed by atoms with Crippen molar-refractivity contribution in [2.75, 3.05) is 27.8 Å². The number of pyridine rings is 1. The summed E-state index contributed by atoms with van der Waals surface area (Å²) in [6.07, 6.45) is 2.76. The molecule has 0 aliphatic rings. The monoisotopic (exact) mass is 364 g/mol. The van der Waals surface area contributed by atoms with E-state index >= 15 is 0 Å². The summed E-state index contributed by atoms with van der Waals surface area (Å²) in [6, 6.07) is 9.97. The van der Waals surface area contributed by atoms with Gasteiger partial charge in [-0.05, 0) is 41.2 Å². The number of methoxy groups -OCH3 is 2. The number of halogens is 1. The average molecular weight is 365 g/mol. The predicted octanol–water partition coefficient (Wildman–Crippen LogP) is 3.54. The molecule has 0 radical (unpaired) electrons. The molecule has 5 heteroatoms. The summed E-state index contributed by atoms with van der Waals surface area (Å²) >= 11 is 3.53. The number of likely N-dealkylation sites (N-methyl/N-ethyl adjacent to an activating group) is 1. The molecule has 0 unspecified atom stereocenters. The number of ether oxygens (including phenoxy) is 2. The normalized spacial score (nSPS) is 10.8. The number of aromatic nitrogens is 1. The van der Waals surface area contributed by atoms with Gasteiger partial charge in [-0.25, -0.2) is 0 Å². The van der Waals surface area contributed by atoms with Crippen LogP contribution in [0.15, 0.2) is 41.0 Å². The third-order valence-corrected chi connectivity index (χ3v) is 4.09. The van der Waals surface area contributed by atoms with Crippen LogP contribution in [0.1, 0.15) is 11.3 Å². The fourth-order valence-electron chi connectivity index (χ4n) is 2.27. The Labute approximate surface area is 140 Å². The van der Waals surface area contributed by atoms with Crippen molar-refractivity contribution in [1.29, 1.82) is 0 Å². The van der Waals surface area contributed by atoms with Crippen LogP contribution in [0.5, 0.6) is 11.5 Å². The van der Waals surface area contributed by atoms with Gasteiger partial charge in [0.1, 0.15) is 11.5 Å². The number of nitrogens with zero attached hydrogens (tertiary/aromatic N) is 2. The Kier molecular flexibility index (Phi) is 6.21. The van der Waals surface area contributed by atoms with E-state index in [0.29, 0.717) is 0 Å². The largest absolute Gasteiger partial charge is 0.496 e. The Morgan fingerprint density at radius 1 is 1.14 bits per heavy atom. The highest BCUT2D eigenvalue weighted by Crippen LogP contribution is 2.33. The topological polar surface area (TPSA) is 34.6 Å². The molecule has 22 heavy (non-hydrogen) atoms. The first-order valence-electron chi connectivity index (χ1n) is 7.13. The molecule has 1 aromatic heterocycles. The second kappa shape index (κ2) is 8.15. The maximum absolute atomic E-state index is 5.47. The SMILES string of the molecule is COc1cc(OC)c(CN(C)CCc2ccccn2)cc1Br. The van der Waals surface area contributed by atoms with Crippen LogP contribution < -0.4 is 9.47 Å². The summed E-state index contributed by atoms with van der Waals surface area (Å²) in [7, 11) is 5.43. The quantitative estimate of drug-likeness (QED) is 0.752. The van der Waals surface area contributed by atoms with Crippen LogP contribution in [0.3, 0.4) is 0 Å². The van der Waals surface area contributed by atoms with Gasteiger partial charge in [-0.1, -0.05) is 6.07 Å². The van der Waals surface area contributed by atoms with Gasteiger partial charge < -0.3 is 14.4 Å². The zero-order valence-electron chi connectivity index (χ0n) is 13.2. The van der Waals surface area contributed by atoms with E-state index in [4.69, 9.17) is 9.47 Å². The lowest BCUT2D eigenvalue weighted by atomic mass is 10.1. The van der Waals surface area contributed by atoms with E-state index in [1.165, 1.54) is 0 Å². The third kappa shape index (κ3) is 4.45. The van der Waals surface area contributed by atoms with Crippen molar-refractivity contribution in [2.24, 2.45) is 0 Å². The van der Waals surface area contributed by atoms with Crippen molar-refractivity contribution in [3.8, 4) is 11.5 Å². The summed E-state index contributed by atoms with van der Waals surface area (Å²) in [5.74, 6) is 1.61. The average Bonchev–Trinajstić information content (AvgIpc) is 2.54. The molecule has 0 saturated heterocycles.